The minimum Gasteiger partial charge on any atom is -0.463 e. The second-order valence-electron chi connectivity index (χ2n) is 6.36. The lowest BCUT2D eigenvalue weighted by Crippen LogP contribution is -2.24. The maximum Gasteiger partial charge on any atom is 0.308 e. The predicted molar refractivity (Wildman–Crippen MR) is 85.5 cm³/mol. The van der Waals surface area contributed by atoms with Crippen molar-refractivity contribution in [1.82, 2.24) is 0 Å². The molecule has 1 atom stereocenters. The average Bonchev–Trinajstić information content (AvgIpc) is 2.41. The van der Waals surface area contributed by atoms with E-state index in [9.17, 15) is 9.59 Å². The second-order valence-corrected chi connectivity index (χ2v) is 6.36. The van der Waals surface area contributed by atoms with Gasteiger partial charge in [0, 0.05) is 0 Å². The Hall–Kier alpha value is -1.10. The van der Waals surface area contributed by atoms with Crippen molar-refractivity contribution in [2.45, 2.75) is 72.3 Å². The van der Waals surface area contributed by atoms with Crippen LogP contribution >= 0.6 is 0 Å². The van der Waals surface area contributed by atoms with Crippen molar-refractivity contribution in [3.05, 3.63) is 0 Å². The molecule has 0 fully saturated rings. The fourth-order valence-corrected chi connectivity index (χ4v) is 1.91. The monoisotopic (exact) mass is 316 g/mol. The summed E-state index contributed by atoms with van der Waals surface area (Å²) in [6.45, 7) is 10.4. The zero-order chi connectivity index (χ0) is 17.0. The van der Waals surface area contributed by atoms with Crippen LogP contribution in [-0.2, 0) is 23.8 Å². The highest BCUT2D eigenvalue weighted by Crippen LogP contribution is 2.14. The molecule has 0 heterocycles. The molecular weight excluding hydrogens is 284 g/mol. The molecule has 0 bridgehead atoms. The zero-order valence-electron chi connectivity index (χ0n) is 14.8. The van der Waals surface area contributed by atoms with Crippen LogP contribution in [0.15, 0.2) is 0 Å². The maximum absolute atomic E-state index is 11.8. The summed E-state index contributed by atoms with van der Waals surface area (Å²) in [4.78, 5) is 23.3. The van der Waals surface area contributed by atoms with Crippen LogP contribution in [0.1, 0.15) is 66.7 Å². The van der Waals surface area contributed by atoms with E-state index in [0.29, 0.717) is 6.61 Å². The molecule has 0 saturated carbocycles. The number of carbonyl (C=O) groups excluding carboxylic acids is 2. The Kier molecular flexibility index (Phi) is 10.9. The summed E-state index contributed by atoms with van der Waals surface area (Å²) in [5.74, 6) is -0.441. The fourth-order valence-electron chi connectivity index (χ4n) is 1.91. The Morgan fingerprint density at radius 2 is 1.73 bits per heavy atom. The first kappa shape index (κ1) is 20.9. The van der Waals surface area contributed by atoms with Gasteiger partial charge in [0.25, 0.3) is 0 Å². The third-order valence-electron chi connectivity index (χ3n) is 3.07. The molecule has 0 aromatic heterocycles. The van der Waals surface area contributed by atoms with Gasteiger partial charge in [-0.15, -0.1) is 0 Å². The van der Waals surface area contributed by atoms with E-state index in [1.807, 2.05) is 27.7 Å². The van der Waals surface area contributed by atoms with Gasteiger partial charge >= 0.3 is 11.9 Å². The summed E-state index contributed by atoms with van der Waals surface area (Å²) in [7, 11) is 0. The van der Waals surface area contributed by atoms with Crippen molar-refractivity contribution in [3.63, 3.8) is 0 Å². The first-order chi connectivity index (χ1) is 10.3. The standard InChI is InChI=1S/C17H32O5/c1-6-8-9-14(7-2)16(19)21-13-12-20-11-10-15(18)22-17(3,4)5/h14H,6-13H2,1-5H3. The van der Waals surface area contributed by atoms with E-state index in [-0.39, 0.29) is 37.5 Å². The Morgan fingerprint density at radius 1 is 1.05 bits per heavy atom. The highest BCUT2D eigenvalue weighted by atomic mass is 16.6. The lowest BCUT2D eigenvalue weighted by atomic mass is 10.00. The van der Waals surface area contributed by atoms with Crippen LogP contribution in [-0.4, -0.2) is 37.4 Å². The number of hydrogen-bond donors (Lipinski definition) is 0. The van der Waals surface area contributed by atoms with Crippen LogP contribution in [0, 0.1) is 5.92 Å². The molecule has 0 spiro atoms. The number of carbonyl (C=O) groups is 2. The highest BCUT2D eigenvalue weighted by molar-refractivity contribution is 5.72. The number of ether oxygens (including phenoxy) is 3. The normalized spacial score (nSPS) is 12.8. The minimum absolute atomic E-state index is 0.0123. The van der Waals surface area contributed by atoms with Crippen molar-refractivity contribution in [1.29, 1.82) is 0 Å². The molecule has 22 heavy (non-hydrogen) atoms. The number of hydrogen-bond acceptors (Lipinski definition) is 5. The fraction of sp³-hybridized carbons (Fsp3) is 0.882. The lowest BCUT2D eigenvalue weighted by molar-refractivity contribution is -0.157. The Balaban J connectivity index is 3.67. The molecule has 0 radical (unpaired) electrons. The summed E-state index contributed by atoms with van der Waals surface area (Å²) in [6.07, 6.45) is 4.01. The topological polar surface area (TPSA) is 61.8 Å². The molecule has 5 nitrogen and oxygen atoms in total. The smallest absolute Gasteiger partial charge is 0.308 e. The Bertz CT molecular complexity index is 320. The van der Waals surface area contributed by atoms with E-state index in [4.69, 9.17) is 14.2 Å². The van der Waals surface area contributed by atoms with Gasteiger partial charge in [-0.25, -0.2) is 0 Å². The molecule has 130 valence electrons. The first-order valence-corrected chi connectivity index (χ1v) is 8.26. The molecule has 0 aliphatic carbocycles. The summed E-state index contributed by atoms with van der Waals surface area (Å²) < 4.78 is 15.6. The van der Waals surface area contributed by atoms with E-state index in [1.165, 1.54) is 0 Å². The summed E-state index contributed by atoms with van der Waals surface area (Å²) >= 11 is 0. The summed E-state index contributed by atoms with van der Waals surface area (Å²) in [5, 5.41) is 0. The zero-order valence-corrected chi connectivity index (χ0v) is 14.8. The van der Waals surface area contributed by atoms with Gasteiger partial charge < -0.3 is 14.2 Å². The van der Waals surface area contributed by atoms with Crippen LogP contribution in [0.4, 0.5) is 0 Å². The van der Waals surface area contributed by atoms with Crippen molar-refractivity contribution in [2.75, 3.05) is 19.8 Å². The third-order valence-corrected chi connectivity index (χ3v) is 3.07. The molecule has 0 aromatic carbocycles. The second kappa shape index (κ2) is 11.5. The number of rotatable bonds is 11. The molecule has 0 aromatic rings. The minimum atomic E-state index is -0.472. The Labute approximate surface area is 134 Å². The van der Waals surface area contributed by atoms with E-state index >= 15 is 0 Å². The maximum atomic E-state index is 11.8. The lowest BCUT2D eigenvalue weighted by Gasteiger charge is -2.19. The van der Waals surface area contributed by atoms with Gasteiger partial charge in [-0.1, -0.05) is 26.7 Å². The summed E-state index contributed by atoms with van der Waals surface area (Å²) in [5.41, 5.74) is -0.472. The van der Waals surface area contributed by atoms with E-state index in [1.54, 1.807) is 0 Å². The van der Waals surface area contributed by atoms with Gasteiger partial charge in [0.05, 0.1) is 25.6 Å². The molecule has 0 amide bonds. The van der Waals surface area contributed by atoms with Crippen LogP contribution in [0.5, 0.6) is 0 Å². The van der Waals surface area contributed by atoms with Crippen LogP contribution in [0.3, 0.4) is 0 Å². The van der Waals surface area contributed by atoms with Gasteiger partial charge in [0.15, 0.2) is 0 Å². The first-order valence-electron chi connectivity index (χ1n) is 8.26. The molecule has 0 saturated heterocycles. The molecule has 0 aliphatic rings. The third kappa shape index (κ3) is 11.5. The molecule has 1 unspecified atom stereocenters. The van der Waals surface area contributed by atoms with Gasteiger partial charge in [-0.05, 0) is 33.6 Å². The SMILES string of the molecule is CCCCC(CC)C(=O)OCCOCCC(=O)OC(C)(C)C. The van der Waals surface area contributed by atoms with Crippen molar-refractivity contribution in [3.8, 4) is 0 Å². The number of esters is 2. The van der Waals surface area contributed by atoms with E-state index < -0.39 is 5.60 Å². The predicted octanol–water partition coefficient (Wildman–Crippen LogP) is 3.49. The van der Waals surface area contributed by atoms with E-state index in [2.05, 4.69) is 6.92 Å². The molecule has 0 N–H and O–H groups in total. The van der Waals surface area contributed by atoms with Crippen molar-refractivity contribution >= 4 is 11.9 Å². The largest absolute Gasteiger partial charge is 0.463 e. The summed E-state index contributed by atoms with van der Waals surface area (Å²) in [6, 6.07) is 0. The molecular formula is C17H32O5. The van der Waals surface area contributed by atoms with Gasteiger partial charge in [0.1, 0.15) is 12.2 Å². The molecule has 0 aliphatic heterocycles. The Morgan fingerprint density at radius 3 is 2.27 bits per heavy atom. The highest BCUT2D eigenvalue weighted by Gasteiger charge is 2.17. The van der Waals surface area contributed by atoms with Crippen molar-refractivity contribution in [2.24, 2.45) is 5.92 Å². The quantitative estimate of drug-likeness (QED) is 0.431. The molecule has 5 heteroatoms. The van der Waals surface area contributed by atoms with Crippen LogP contribution < -0.4 is 0 Å². The van der Waals surface area contributed by atoms with Gasteiger partial charge in [0.2, 0.25) is 0 Å². The number of unbranched alkanes of at least 4 members (excludes halogenated alkanes) is 1. The van der Waals surface area contributed by atoms with Crippen LogP contribution in [0.25, 0.3) is 0 Å². The van der Waals surface area contributed by atoms with Gasteiger partial charge in [-0.3, -0.25) is 9.59 Å². The van der Waals surface area contributed by atoms with Gasteiger partial charge in [-0.2, -0.15) is 0 Å². The van der Waals surface area contributed by atoms with E-state index in [0.717, 1.165) is 25.7 Å². The average molecular weight is 316 g/mol. The molecule has 0 rings (SSSR count). The van der Waals surface area contributed by atoms with Crippen LogP contribution in [0.2, 0.25) is 0 Å². The van der Waals surface area contributed by atoms with Crippen molar-refractivity contribution < 1.29 is 23.8 Å².